The van der Waals surface area contributed by atoms with E-state index in [9.17, 15) is 9.59 Å². The van der Waals surface area contributed by atoms with E-state index in [4.69, 9.17) is 9.47 Å². The lowest BCUT2D eigenvalue weighted by atomic mass is 9.77. The minimum absolute atomic E-state index is 0.384. The first kappa shape index (κ1) is 22.1. The molecule has 0 spiro atoms. The van der Waals surface area contributed by atoms with E-state index in [2.05, 4.69) is 19.1 Å². The Kier molecular flexibility index (Phi) is 8.06. The molecule has 2 aromatic rings. The van der Waals surface area contributed by atoms with Crippen LogP contribution in [0, 0.1) is 5.92 Å². The molecule has 0 N–H and O–H groups in total. The smallest absolute Gasteiger partial charge is 0.343 e. The molecular formula is C26H32O4. The van der Waals surface area contributed by atoms with Crippen molar-refractivity contribution in [3.63, 3.8) is 0 Å². The van der Waals surface area contributed by atoms with Gasteiger partial charge in [-0.2, -0.15) is 0 Å². The van der Waals surface area contributed by atoms with E-state index in [1.54, 1.807) is 24.3 Å². The second-order valence-corrected chi connectivity index (χ2v) is 8.29. The fourth-order valence-corrected chi connectivity index (χ4v) is 4.27. The van der Waals surface area contributed by atoms with Crippen molar-refractivity contribution < 1.29 is 19.1 Å². The van der Waals surface area contributed by atoms with Gasteiger partial charge in [-0.3, -0.25) is 4.79 Å². The minimum Gasteiger partial charge on any atom is -0.427 e. The first-order valence-electron chi connectivity index (χ1n) is 11.2. The van der Waals surface area contributed by atoms with Gasteiger partial charge in [0.2, 0.25) is 0 Å². The summed E-state index contributed by atoms with van der Waals surface area (Å²) >= 11 is 0. The maximum Gasteiger partial charge on any atom is 0.343 e. The maximum absolute atomic E-state index is 12.4. The van der Waals surface area contributed by atoms with Gasteiger partial charge in [0.05, 0.1) is 5.56 Å². The van der Waals surface area contributed by atoms with E-state index >= 15 is 0 Å². The topological polar surface area (TPSA) is 52.6 Å². The molecule has 1 aliphatic rings. The molecule has 0 atom stereocenters. The molecule has 0 bridgehead atoms. The molecule has 0 aliphatic heterocycles. The lowest BCUT2D eigenvalue weighted by Crippen LogP contribution is -2.14. The van der Waals surface area contributed by atoms with Crippen molar-refractivity contribution in [2.24, 2.45) is 5.92 Å². The normalized spacial score (nSPS) is 18.6. The summed E-state index contributed by atoms with van der Waals surface area (Å²) in [5, 5.41) is 0. The Morgan fingerprint density at radius 2 is 1.43 bits per heavy atom. The third-order valence-corrected chi connectivity index (χ3v) is 5.98. The molecule has 0 saturated heterocycles. The highest BCUT2D eigenvalue weighted by Crippen LogP contribution is 2.37. The molecule has 1 saturated carbocycles. The molecule has 3 rings (SSSR count). The summed E-state index contributed by atoms with van der Waals surface area (Å²) in [6, 6.07) is 14.3. The van der Waals surface area contributed by atoms with Crippen LogP contribution in [-0.4, -0.2) is 11.9 Å². The molecule has 2 aromatic carbocycles. The minimum atomic E-state index is -0.388. The largest absolute Gasteiger partial charge is 0.427 e. The van der Waals surface area contributed by atoms with E-state index < -0.39 is 0 Å². The van der Waals surface area contributed by atoms with Crippen molar-refractivity contribution in [3.05, 3.63) is 59.7 Å². The Balaban J connectivity index is 1.50. The quantitative estimate of drug-likeness (QED) is 0.277. The van der Waals surface area contributed by atoms with E-state index in [0.717, 1.165) is 5.92 Å². The van der Waals surface area contributed by atoms with Crippen LogP contribution in [0.3, 0.4) is 0 Å². The van der Waals surface area contributed by atoms with Crippen LogP contribution in [0.5, 0.6) is 11.5 Å². The average molecular weight is 409 g/mol. The molecule has 4 heteroatoms. The first-order valence-corrected chi connectivity index (χ1v) is 11.2. The van der Waals surface area contributed by atoms with Crippen molar-refractivity contribution in [2.45, 2.75) is 71.1 Å². The van der Waals surface area contributed by atoms with Gasteiger partial charge in [-0.05, 0) is 79.5 Å². The third-order valence-electron chi connectivity index (χ3n) is 5.98. The summed E-state index contributed by atoms with van der Waals surface area (Å²) in [4.78, 5) is 23.4. The van der Waals surface area contributed by atoms with E-state index in [-0.39, 0.29) is 11.9 Å². The molecule has 30 heavy (non-hydrogen) atoms. The summed E-state index contributed by atoms with van der Waals surface area (Å²) in [6.45, 7) is 3.61. The second-order valence-electron chi connectivity index (χ2n) is 8.29. The SMILES string of the molecule is CCCCCC1CCC(c2ccc(C(=O)Oc3ccc(OC(C)=O)cc3)cc2)CC1. The van der Waals surface area contributed by atoms with Crippen molar-refractivity contribution in [1.82, 2.24) is 0 Å². The zero-order chi connectivity index (χ0) is 21.3. The van der Waals surface area contributed by atoms with Crippen LogP contribution < -0.4 is 9.47 Å². The van der Waals surface area contributed by atoms with Gasteiger partial charge in [0.25, 0.3) is 0 Å². The zero-order valence-corrected chi connectivity index (χ0v) is 18.1. The molecule has 0 aromatic heterocycles. The molecule has 0 amide bonds. The summed E-state index contributed by atoms with van der Waals surface area (Å²) in [5.74, 6) is 1.57. The number of hydrogen-bond acceptors (Lipinski definition) is 4. The highest BCUT2D eigenvalue weighted by Gasteiger charge is 2.22. The third kappa shape index (κ3) is 6.45. The van der Waals surface area contributed by atoms with Gasteiger partial charge >= 0.3 is 11.9 Å². The van der Waals surface area contributed by atoms with Crippen molar-refractivity contribution in [1.29, 1.82) is 0 Å². The number of rotatable bonds is 8. The molecule has 1 fully saturated rings. The predicted octanol–water partition coefficient (Wildman–Crippen LogP) is 6.69. The Bertz CT molecular complexity index is 815. The molecule has 0 heterocycles. The van der Waals surface area contributed by atoms with E-state index in [1.807, 2.05) is 12.1 Å². The van der Waals surface area contributed by atoms with Crippen LogP contribution in [0.15, 0.2) is 48.5 Å². The van der Waals surface area contributed by atoms with Crippen LogP contribution >= 0.6 is 0 Å². The Morgan fingerprint density at radius 3 is 2.00 bits per heavy atom. The van der Waals surface area contributed by atoms with Gasteiger partial charge in [0.1, 0.15) is 11.5 Å². The van der Waals surface area contributed by atoms with E-state index in [0.29, 0.717) is 23.0 Å². The summed E-state index contributed by atoms with van der Waals surface area (Å²) < 4.78 is 10.4. The lowest BCUT2D eigenvalue weighted by molar-refractivity contribution is -0.131. The molecule has 1 aliphatic carbocycles. The standard InChI is InChI=1S/C26H32O4/c1-3-4-5-6-20-7-9-21(10-8-20)22-11-13-23(14-12-22)26(28)30-25-17-15-24(16-18-25)29-19(2)27/h11-18,20-21H,3-10H2,1-2H3. The predicted molar refractivity (Wildman–Crippen MR) is 118 cm³/mol. The average Bonchev–Trinajstić information content (AvgIpc) is 2.75. The number of carbonyl (C=O) groups excluding carboxylic acids is 2. The van der Waals surface area contributed by atoms with Crippen molar-refractivity contribution >= 4 is 11.9 Å². The van der Waals surface area contributed by atoms with Gasteiger partial charge in [-0.25, -0.2) is 4.79 Å². The van der Waals surface area contributed by atoms with Crippen LogP contribution in [0.25, 0.3) is 0 Å². The van der Waals surface area contributed by atoms with Crippen LogP contribution in [0.4, 0.5) is 0 Å². The van der Waals surface area contributed by atoms with E-state index in [1.165, 1.54) is 63.9 Å². The van der Waals surface area contributed by atoms with Crippen LogP contribution in [-0.2, 0) is 4.79 Å². The van der Waals surface area contributed by atoms with Crippen LogP contribution in [0.2, 0.25) is 0 Å². The lowest BCUT2D eigenvalue weighted by Gasteiger charge is -2.29. The fourth-order valence-electron chi connectivity index (χ4n) is 4.27. The second kappa shape index (κ2) is 11.0. The number of benzene rings is 2. The fraction of sp³-hybridized carbons (Fsp3) is 0.462. The number of ether oxygens (including phenoxy) is 2. The summed E-state index contributed by atoms with van der Waals surface area (Å²) in [5.41, 5.74) is 1.86. The molecule has 0 radical (unpaired) electrons. The number of esters is 2. The van der Waals surface area contributed by atoms with Gasteiger partial charge < -0.3 is 9.47 Å². The van der Waals surface area contributed by atoms with Gasteiger partial charge in [0.15, 0.2) is 0 Å². The molecule has 0 unspecified atom stereocenters. The maximum atomic E-state index is 12.4. The van der Waals surface area contributed by atoms with Gasteiger partial charge in [0, 0.05) is 6.92 Å². The number of unbranched alkanes of at least 4 members (excludes halogenated alkanes) is 2. The Hall–Kier alpha value is -2.62. The summed E-state index contributed by atoms with van der Waals surface area (Å²) in [7, 11) is 0. The van der Waals surface area contributed by atoms with Crippen molar-refractivity contribution in [3.8, 4) is 11.5 Å². The van der Waals surface area contributed by atoms with Gasteiger partial charge in [-0.1, -0.05) is 44.7 Å². The van der Waals surface area contributed by atoms with Crippen LogP contribution in [0.1, 0.15) is 87.1 Å². The number of carbonyl (C=O) groups is 2. The van der Waals surface area contributed by atoms with Gasteiger partial charge in [-0.15, -0.1) is 0 Å². The monoisotopic (exact) mass is 408 g/mol. The number of hydrogen-bond donors (Lipinski definition) is 0. The highest BCUT2D eigenvalue weighted by atomic mass is 16.5. The molecule has 4 nitrogen and oxygen atoms in total. The zero-order valence-electron chi connectivity index (χ0n) is 18.1. The molecular weight excluding hydrogens is 376 g/mol. The molecule has 160 valence electrons. The first-order chi connectivity index (χ1) is 14.5. The van der Waals surface area contributed by atoms with Crippen molar-refractivity contribution in [2.75, 3.05) is 0 Å². The Labute approximate surface area is 179 Å². The highest BCUT2D eigenvalue weighted by molar-refractivity contribution is 5.91. The Morgan fingerprint density at radius 1 is 0.833 bits per heavy atom. The summed E-state index contributed by atoms with van der Waals surface area (Å²) in [6.07, 6.45) is 10.5.